The van der Waals surface area contributed by atoms with Crippen LogP contribution in [-0.2, 0) is 20.7 Å². The molecule has 0 radical (unpaired) electrons. The van der Waals surface area contributed by atoms with E-state index in [1.54, 1.807) is 30.2 Å². The number of nitrogens with two attached hydrogens (primary N) is 1. The Morgan fingerprint density at radius 1 is 1.39 bits per heavy atom. The van der Waals surface area contributed by atoms with Gasteiger partial charge < -0.3 is 15.4 Å². The van der Waals surface area contributed by atoms with Gasteiger partial charge in [-0.3, -0.25) is 9.59 Å². The normalized spacial score (nSPS) is 21.2. The van der Waals surface area contributed by atoms with E-state index in [2.05, 4.69) is 0 Å². The van der Waals surface area contributed by atoms with Crippen molar-refractivity contribution in [3.63, 3.8) is 0 Å². The van der Waals surface area contributed by atoms with Crippen LogP contribution in [0.4, 0.5) is 4.39 Å². The van der Waals surface area contributed by atoms with E-state index in [9.17, 15) is 14.0 Å². The van der Waals surface area contributed by atoms with Crippen molar-refractivity contribution in [3.8, 4) is 0 Å². The number of hydrogen-bond donors (Lipinski definition) is 1. The zero-order valence-corrected chi connectivity index (χ0v) is 13.4. The number of halogens is 1. The van der Waals surface area contributed by atoms with Crippen LogP contribution in [0.1, 0.15) is 24.8 Å². The fourth-order valence-corrected chi connectivity index (χ4v) is 3.09. The van der Waals surface area contributed by atoms with Gasteiger partial charge in [-0.05, 0) is 30.9 Å². The number of nitrogens with zero attached hydrogens (tertiary/aromatic N) is 1. The third-order valence-corrected chi connectivity index (χ3v) is 4.54. The number of likely N-dealkylation sites (tertiary alicyclic amines) is 1. The highest BCUT2D eigenvalue weighted by molar-refractivity contribution is 5.84. The predicted molar refractivity (Wildman–Crippen MR) is 84.0 cm³/mol. The van der Waals surface area contributed by atoms with Gasteiger partial charge in [0.1, 0.15) is 5.82 Å². The Morgan fingerprint density at radius 3 is 2.78 bits per heavy atom. The van der Waals surface area contributed by atoms with E-state index >= 15 is 0 Å². The lowest BCUT2D eigenvalue weighted by molar-refractivity contribution is -0.140. The number of rotatable bonds is 6. The first-order valence-corrected chi connectivity index (χ1v) is 7.78. The monoisotopic (exact) mass is 322 g/mol. The van der Waals surface area contributed by atoms with E-state index in [1.807, 2.05) is 0 Å². The van der Waals surface area contributed by atoms with Crippen LogP contribution >= 0.6 is 0 Å². The van der Waals surface area contributed by atoms with Crippen molar-refractivity contribution in [1.82, 2.24) is 4.90 Å². The van der Waals surface area contributed by atoms with Crippen molar-refractivity contribution in [2.45, 2.75) is 25.7 Å². The number of benzene rings is 1. The van der Waals surface area contributed by atoms with Crippen LogP contribution in [0.25, 0.3) is 0 Å². The van der Waals surface area contributed by atoms with E-state index in [4.69, 9.17) is 10.5 Å². The van der Waals surface area contributed by atoms with Gasteiger partial charge in [-0.2, -0.15) is 0 Å². The standard InChI is InChI=1S/C17H23FN2O3/c1-23-10-8-17(16(19)22)7-4-9-20(12-17)15(21)11-13-5-2-3-6-14(13)18/h2-3,5-6H,4,7-12H2,1H3,(H2,19,22). The van der Waals surface area contributed by atoms with Crippen molar-refractivity contribution in [2.75, 3.05) is 26.8 Å². The van der Waals surface area contributed by atoms with Gasteiger partial charge in [0.25, 0.3) is 0 Å². The average molecular weight is 322 g/mol. The first kappa shape index (κ1) is 17.4. The molecule has 2 rings (SSSR count). The molecule has 1 aromatic rings. The zero-order chi connectivity index (χ0) is 16.9. The first-order chi connectivity index (χ1) is 11.0. The maximum atomic E-state index is 13.7. The Hall–Kier alpha value is -1.95. The molecule has 1 aliphatic heterocycles. The highest BCUT2D eigenvalue weighted by atomic mass is 19.1. The van der Waals surface area contributed by atoms with E-state index < -0.39 is 17.1 Å². The Bertz CT molecular complexity index is 579. The largest absolute Gasteiger partial charge is 0.385 e. The molecule has 1 fully saturated rings. The average Bonchev–Trinajstić information content (AvgIpc) is 2.55. The summed E-state index contributed by atoms with van der Waals surface area (Å²) in [6.45, 7) is 1.26. The molecule has 0 aromatic heterocycles. The maximum absolute atomic E-state index is 13.7. The summed E-state index contributed by atoms with van der Waals surface area (Å²) in [5, 5.41) is 0. The van der Waals surface area contributed by atoms with Gasteiger partial charge in [0.05, 0.1) is 11.8 Å². The van der Waals surface area contributed by atoms with Crippen LogP contribution in [0.5, 0.6) is 0 Å². The molecule has 0 aliphatic carbocycles. The third-order valence-electron chi connectivity index (χ3n) is 4.54. The first-order valence-electron chi connectivity index (χ1n) is 7.78. The van der Waals surface area contributed by atoms with Crippen molar-refractivity contribution >= 4 is 11.8 Å². The molecule has 1 unspecified atom stereocenters. The van der Waals surface area contributed by atoms with E-state index in [1.165, 1.54) is 6.07 Å². The summed E-state index contributed by atoms with van der Waals surface area (Å²) >= 11 is 0. The van der Waals surface area contributed by atoms with Gasteiger partial charge in [-0.15, -0.1) is 0 Å². The Morgan fingerprint density at radius 2 is 2.13 bits per heavy atom. The Balaban J connectivity index is 2.08. The second kappa shape index (κ2) is 7.55. The van der Waals surface area contributed by atoms with Crippen molar-refractivity contribution in [3.05, 3.63) is 35.6 Å². The SMILES string of the molecule is COCCC1(C(N)=O)CCCN(C(=O)Cc2ccccc2F)C1. The van der Waals surface area contributed by atoms with E-state index in [-0.39, 0.29) is 18.9 Å². The van der Waals surface area contributed by atoms with Crippen LogP contribution in [0, 0.1) is 11.2 Å². The number of amides is 2. The number of hydrogen-bond acceptors (Lipinski definition) is 3. The molecule has 6 heteroatoms. The number of piperidine rings is 1. The summed E-state index contributed by atoms with van der Waals surface area (Å²) in [7, 11) is 1.57. The predicted octanol–water partition coefficient (Wildman–Crippen LogP) is 1.50. The molecule has 2 N–H and O–H groups in total. The smallest absolute Gasteiger partial charge is 0.227 e. The minimum absolute atomic E-state index is 0.00814. The molecule has 1 saturated heterocycles. The summed E-state index contributed by atoms with van der Waals surface area (Å²) in [5.74, 6) is -0.978. The number of ether oxygens (including phenoxy) is 1. The van der Waals surface area contributed by atoms with Gasteiger partial charge in [0, 0.05) is 26.8 Å². The molecule has 126 valence electrons. The van der Waals surface area contributed by atoms with E-state index in [0.29, 0.717) is 38.0 Å². The number of methoxy groups -OCH3 is 1. The minimum atomic E-state index is -0.751. The summed E-state index contributed by atoms with van der Waals surface area (Å²) in [6.07, 6.45) is 1.83. The van der Waals surface area contributed by atoms with Gasteiger partial charge in [-0.1, -0.05) is 18.2 Å². The molecule has 0 bridgehead atoms. The number of carbonyl (C=O) groups is 2. The Labute approximate surface area is 135 Å². The summed E-state index contributed by atoms with van der Waals surface area (Å²) in [4.78, 5) is 26.0. The van der Waals surface area contributed by atoms with Crippen LogP contribution in [0.3, 0.4) is 0 Å². The quantitative estimate of drug-likeness (QED) is 0.862. The van der Waals surface area contributed by atoms with Crippen LogP contribution in [-0.4, -0.2) is 43.5 Å². The van der Waals surface area contributed by atoms with Crippen LogP contribution in [0.2, 0.25) is 0 Å². The second-order valence-corrected chi connectivity index (χ2v) is 6.07. The highest BCUT2D eigenvalue weighted by Gasteiger charge is 2.41. The highest BCUT2D eigenvalue weighted by Crippen LogP contribution is 2.33. The summed E-state index contributed by atoms with van der Waals surface area (Å²) in [6, 6.07) is 6.23. The van der Waals surface area contributed by atoms with E-state index in [0.717, 1.165) is 0 Å². The van der Waals surface area contributed by atoms with Gasteiger partial charge in [-0.25, -0.2) is 4.39 Å². The van der Waals surface area contributed by atoms with Crippen molar-refractivity contribution in [2.24, 2.45) is 11.1 Å². The minimum Gasteiger partial charge on any atom is -0.385 e. The number of carbonyl (C=O) groups excluding carboxylic acids is 2. The van der Waals surface area contributed by atoms with Crippen molar-refractivity contribution < 1.29 is 18.7 Å². The van der Waals surface area contributed by atoms with Crippen LogP contribution in [0.15, 0.2) is 24.3 Å². The topological polar surface area (TPSA) is 72.6 Å². The molecule has 0 spiro atoms. The molecule has 5 nitrogen and oxygen atoms in total. The maximum Gasteiger partial charge on any atom is 0.227 e. The lowest BCUT2D eigenvalue weighted by atomic mass is 9.76. The fourth-order valence-electron chi connectivity index (χ4n) is 3.09. The lowest BCUT2D eigenvalue weighted by Gasteiger charge is -2.40. The zero-order valence-electron chi connectivity index (χ0n) is 13.4. The van der Waals surface area contributed by atoms with Crippen LogP contribution < -0.4 is 5.73 Å². The molecule has 1 aliphatic rings. The molecule has 2 amide bonds. The molecular formula is C17H23FN2O3. The molecular weight excluding hydrogens is 299 g/mol. The fraction of sp³-hybridized carbons (Fsp3) is 0.529. The molecule has 23 heavy (non-hydrogen) atoms. The molecule has 1 heterocycles. The molecule has 1 atom stereocenters. The summed E-state index contributed by atoms with van der Waals surface area (Å²) < 4.78 is 18.8. The third kappa shape index (κ3) is 4.07. The second-order valence-electron chi connectivity index (χ2n) is 6.07. The lowest BCUT2D eigenvalue weighted by Crippen LogP contribution is -2.53. The van der Waals surface area contributed by atoms with Gasteiger partial charge in [0.15, 0.2) is 0 Å². The molecule has 0 saturated carbocycles. The van der Waals surface area contributed by atoms with Gasteiger partial charge >= 0.3 is 0 Å². The van der Waals surface area contributed by atoms with Crippen molar-refractivity contribution in [1.29, 1.82) is 0 Å². The van der Waals surface area contributed by atoms with Gasteiger partial charge in [0.2, 0.25) is 11.8 Å². The Kier molecular flexibility index (Phi) is 5.71. The number of primary amides is 1. The summed E-state index contributed by atoms with van der Waals surface area (Å²) in [5.41, 5.74) is 5.20. The molecule has 1 aromatic carbocycles.